The number of carbonyl (C=O) groups excluding carboxylic acids is 3. The highest BCUT2D eigenvalue weighted by Gasteiger charge is 2.26. The molecule has 0 spiro atoms. The second kappa shape index (κ2) is 12.8. The first kappa shape index (κ1) is 29.8. The number of likely N-dealkylation sites (tertiary alicyclic amines) is 1. The largest absolute Gasteiger partial charge is 0.382 e. The number of carbonyl (C=O) groups is 3. The van der Waals surface area contributed by atoms with Gasteiger partial charge in [-0.15, -0.1) is 0 Å². The summed E-state index contributed by atoms with van der Waals surface area (Å²) < 4.78 is 1.84. The number of fused-ring (bicyclic) bond motifs is 1. The molecule has 0 aliphatic carbocycles. The molecule has 1 aromatic carbocycles. The van der Waals surface area contributed by atoms with Crippen molar-refractivity contribution in [2.24, 2.45) is 0 Å². The Bertz CT molecular complexity index is 1800. The molecule has 3 aromatic heterocycles. The molecule has 4 amide bonds. The van der Waals surface area contributed by atoms with Gasteiger partial charge in [-0.1, -0.05) is 12.1 Å². The minimum absolute atomic E-state index is 0.0353. The maximum Gasteiger partial charge on any atom is 0.328 e. The molecule has 2 aliphatic rings. The summed E-state index contributed by atoms with van der Waals surface area (Å²) in [5.41, 5.74) is 4.20. The quantitative estimate of drug-likeness (QED) is 0.273. The molecule has 12 heteroatoms. The van der Waals surface area contributed by atoms with Crippen LogP contribution in [0.15, 0.2) is 61.1 Å². The Labute approximate surface area is 261 Å². The van der Waals surface area contributed by atoms with Crippen LogP contribution in [0.25, 0.3) is 16.9 Å². The molecule has 5 heterocycles. The SMILES string of the molecule is CC(C)Nc1cc(-n2ccc3cc(C#N)cnc32)ncc1C(=O)NC1CCN(Cc2cccc(N3CCC(=O)NC3=O)c2)CC1. The molecule has 0 saturated carbocycles. The number of urea groups is 1. The van der Waals surface area contributed by atoms with Crippen molar-refractivity contribution in [2.75, 3.05) is 29.9 Å². The number of amides is 4. The summed E-state index contributed by atoms with van der Waals surface area (Å²) >= 11 is 0. The topological polar surface area (TPSA) is 148 Å². The van der Waals surface area contributed by atoms with Gasteiger partial charge in [0.05, 0.1) is 16.8 Å². The maximum atomic E-state index is 13.5. The fourth-order valence-electron chi connectivity index (χ4n) is 5.85. The van der Waals surface area contributed by atoms with Gasteiger partial charge in [0.15, 0.2) is 0 Å². The van der Waals surface area contributed by atoms with Gasteiger partial charge < -0.3 is 10.6 Å². The predicted molar refractivity (Wildman–Crippen MR) is 170 cm³/mol. The lowest BCUT2D eigenvalue weighted by molar-refractivity contribution is -0.120. The third-order valence-corrected chi connectivity index (χ3v) is 8.09. The van der Waals surface area contributed by atoms with E-state index in [1.165, 1.54) is 6.20 Å². The van der Waals surface area contributed by atoms with E-state index in [1.54, 1.807) is 17.2 Å². The van der Waals surface area contributed by atoms with Gasteiger partial charge in [0.1, 0.15) is 17.5 Å². The monoisotopic (exact) mass is 605 g/mol. The number of hydrogen-bond donors (Lipinski definition) is 3. The van der Waals surface area contributed by atoms with E-state index < -0.39 is 0 Å². The Morgan fingerprint density at radius 1 is 1.09 bits per heavy atom. The molecular weight excluding hydrogens is 570 g/mol. The van der Waals surface area contributed by atoms with E-state index in [0.29, 0.717) is 34.8 Å². The average Bonchev–Trinajstić information content (AvgIpc) is 3.45. The van der Waals surface area contributed by atoms with E-state index in [2.05, 4.69) is 36.9 Å². The maximum absolute atomic E-state index is 13.5. The number of nitrogens with one attached hydrogen (secondary N) is 3. The summed E-state index contributed by atoms with van der Waals surface area (Å²) in [7, 11) is 0. The van der Waals surface area contributed by atoms with E-state index in [0.717, 1.165) is 49.1 Å². The van der Waals surface area contributed by atoms with Crippen LogP contribution in [0.2, 0.25) is 0 Å². The zero-order chi connectivity index (χ0) is 31.5. The zero-order valence-corrected chi connectivity index (χ0v) is 25.3. The number of nitriles is 1. The molecule has 2 aliphatic heterocycles. The van der Waals surface area contributed by atoms with Gasteiger partial charge in [0.25, 0.3) is 5.91 Å². The van der Waals surface area contributed by atoms with Crippen LogP contribution in [0.3, 0.4) is 0 Å². The molecule has 230 valence electrons. The van der Waals surface area contributed by atoms with E-state index in [1.807, 2.05) is 61.0 Å². The molecule has 12 nitrogen and oxygen atoms in total. The summed E-state index contributed by atoms with van der Waals surface area (Å²) in [6.07, 6.45) is 6.91. The number of piperidine rings is 1. The smallest absolute Gasteiger partial charge is 0.328 e. The molecule has 3 N–H and O–H groups in total. The fourth-order valence-corrected chi connectivity index (χ4v) is 5.85. The Morgan fingerprint density at radius 2 is 1.91 bits per heavy atom. The number of aromatic nitrogens is 3. The van der Waals surface area contributed by atoms with Crippen molar-refractivity contribution in [3.63, 3.8) is 0 Å². The van der Waals surface area contributed by atoms with Gasteiger partial charge in [0.2, 0.25) is 5.91 Å². The summed E-state index contributed by atoms with van der Waals surface area (Å²) in [5.74, 6) is 0.201. The van der Waals surface area contributed by atoms with Crippen LogP contribution >= 0.6 is 0 Å². The van der Waals surface area contributed by atoms with E-state index in [4.69, 9.17) is 0 Å². The minimum Gasteiger partial charge on any atom is -0.382 e. The van der Waals surface area contributed by atoms with Crippen LogP contribution in [0.4, 0.5) is 16.2 Å². The van der Waals surface area contributed by atoms with Crippen LogP contribution in [-0.4, -0.2) is 69.0 Å². The number of pyridine rings is 2. The summed E-state index contributed by atoms with van der Waals surface area (Å²) in [5, 5.41) is 19.0. The molecule has 4 aromatic rings. The Kier molecular flexibility index (Phi) is 8.44. The van der Waals surface area contributed by atoms with Gasteiger partial charge in [-0.25, -0.2) is 14.8 Å². The third kappa shape index (κ3) is 6.63. The van der Waals surface area contributed by atoms with E-state index in [-0.39, 0.29) is 36.3 Å². The summed E-state index contributed by atoms with van der Waals surface area (Å²) in [6, 6.07) is 15.2. The van der Waals surface area contributed by atoms with Crippen LogP contribution in [0, 0.1) is 11.3 Å². The first-order valence-electron chi connectivity index (χ1n) is 15.1. The highest BCUT2D eigenvalue weighted by molar-refractivity contribution is 6.05. The van der Waals surface area contributed by atoms with Crippen molar-refractivity contribution in [1.82, 2.24) is 30.1 Å². The number of benzene rings is 1. The van der Waals surface area contributed by atoms with Crippen molar-refractivity contribution in [3.05, 3.63) is 77.7 Å². The van der Waals surface area contributed by atoms with Crippen LogP contribution in [-0.2, 0) is 11.3 Å². The standard InChI is InChI=1S/C33H35N9O3/c1-21(2)37-28-16-29(42-12-6-24-14-23(17-34)18-36-31(24)42)35-19-27(28)32(44)38-25-7-10-40(11-8-25)20-22-4-3-5-26(15-22)41-13-9-30(43)39-33(41)45/h3-6,12,14-16,18-19,21,25H,7-11,13,20H2,1-2H3,(H,35,37)(H,38,44)(H,39,43,45). The molecule has 6 rings (SSSR count). The van der Waals surface area contributed by atoms with Gasteiger partial charge >= 0.3 is 6.03 Å². The molecule has 0 bridgehead atoms. The number of nitrogens with zero attached hydrogens (tertiary/aromatic N) is 6. The van der Waals surface area contributed by atoms with E-state index in [9.17, 15) is 19.6 Å². The number of rotatable bonds is 8. The average molecular weight is 606 g/mol. The lowest BCUT2D eigenvalue weighted by Crippen LogP contribution is -2.49. The molecule has 0 unspecified atom stereocenters. The van der Waals surface area contributed by atoms with Crippen LogP contribution in [0.1, 0.15) is 54.6 Å². The molecule has 45 heavy (non-hydrogen) atoms. The molecule has 0 radical (unpaired) electrons. The molecular formula is C33H35N9O3. The van der Waals surface area contributed by atoms with Gasteiger partial charge in [0, 0.05) is 80.4 Å². The van der Waals surface area contributed by atoms with Crippen molar-refractivity contribution in [1.29, 1.82) is 5.26 Å². The Balaban J connectivity index is 1.09. The third-order valence-electron chi connectivity index (χ3n) is 8.09. The summed E-state index contributed by atoms with van der Waals surface area (Å²) in [6.45, 7) is 6.79. The van der Waals surface area contributed by atoms with Crippen molar-refractivity contribution in [3.8, 4) is 11.9 Å². The molecule has 2 fully saturated rings. The van der Waals surface area contributed by atoms with E-state index >= 15 is 0 Å². The minimum atomic E-state index is -0.387. The molecule has 2 saturated heterocycles. The lowest BCUT2D eigenvalue weighted by atomic mass is 10.0. The van der Waals surface area contributed by atoms with Gasteiger partial charge in [-0.3, -0.25) is 29.3 Å². The first-order valence-corrected chi connectivity index (χ1v) is 15.1. The Hall–Kier alpha value is -5.28. The van der Waals surface area contributed by atoms with Crippen molar-refractivity contribution < 1.29 is 14.4 Å². The van der Waals surface area contributed by atoms with Crippen molar-refractivity contribution >= 4 is 40.3 Å². The first-order chi connectivity index (χ1) is 21.8. The molecule has 0 atom stereocenters. The highest BCUT2D eigenvalue weighted by atomic mass is 16.2. The number of anilines is 2. The van der Waals surface area contributed by atoms with Gasteiger partial charge in [-0.2, -0.15) is 5.26 Å². The van der Waals surface area contributed by atoms with Crippen LogP contribution < -0.4 is 20.9 Å². The Morgan fingerprint density at radius 3 is 2.67 bits per heavy atom. The number of hydrogen-bond acceptors (Lipinski definition) is 8. The second-order valence-electron chi connectivity index (χ2n) is 11.8. The predicted octanol–water partition coefficient (Wildman–Crippen LogP) is 3.95. The van der Waals surface area contributed by atoms with Crippen LogP contribution in [0.5, 0.6) is 0 Å². The fraction of sp³-hybridized carbons (Fsp3) is 0.333. The highest BCUT2D eigenvalue weighted by Crippen LogP contribution is 2.25. The zero-order valence-electron chi connectivity index (χ0n) is 25.3. The van der Waals surface area contributed by atoms with Gasteiger partial charge in [-0.05, 0) is 56.5 Å². The normalized spacial score (nSPS) is 16.1. The van der Waals surface area contributed by atoms with Crippen molar-refractivity contribution in [2.45, 2.75) is 51.7 Å². The number of imide groups is 1. The lowest BCUT2D eigenvalue weighted by Gasteiger charge is -2.33. The second-order valence-corrected chi connectivity index (χ2v) is 11.8. The summed E-state index contributed by atoms with van der Waals surface area (Å²) in [4.78, 5) is 50.3.